The van der Waals surface area contributed by atoms with Gasteiger partial charge < -0.3 is 14.8 Å². The summed E-state index contributed by atoms with van der Waals surface area (Å²) in [7, 11) is 0. The van der Waals surface area contributed by atoms with E-state index in [1.807, 2.05) is 0 Å². The Morgan fingerprint density at radius 2 is 2.20 bits per heavy atom. The van der Waals surface area contributed by atoms with E-state index in [0.29, 0.717) is 12.3 Å². The van der Waals surface area contributed by atoms with Crippen molar-refractivity contribution >= 4 is 5.97 Å². The van der Waals surface area contributed by atoms with Gasteiger partial charge in [-0.25, -0.2) is 4.79 Å². The molecular formula is C11H17NO3. The molecule has 4 nitrogen and oxygen atoms in total. The molecule has 0 unspecified atom stereocenters. The van der Waals surface area contributed by atoms with E-state index in [1.165, 1.54) is 6.07 Å². The van der Waals surface area contributed by atoms with Gasteiger partial charge in [0, 0.05) is 5.54 Å². The number of carbonyl (C=O) groups is 1. The summed E-state index contributed by atoms with van der Waals surface area (Å²) in [6, 6.07) is 3.15. The van der Waals surface area contributed by atoms with E-state index >= 15 is 0 Å². The average molecular weight is 211 g/mol. The van der Waals surface area contributed by atoms with Crippen molar-refractivity contribution in [3.05, 3.63) is 23.7 Å². The predicted molar refractivity (Wildman–Crippen MR) is 56.9 cm³/mol. The number of rotatable bonds is 5. The molecule has 4 heteroatoms. The molecule has 0 aliphatic rings. The lowest BCUT2D eigenvalue weighted by molar-refractivity contribution is 0.0660. The van der Waals surface area contributed by atoms with Crippen LogP contribution < -0.4 is 5.32 Å². The minimum absolute atomic E-state index is 0.0129. The number of carboxylic acid groups (broad SMARTS) is 1. The summed E-state index contributed by atoms with van der Waals surface area (Å²) in [5.74, 6) is -0.397. The highest BCUT2D eigenvalue weighted by molar-refractivity contribution is 5.84. The summed E-state index contributed by atoms with van der Waals surface area (Å²) >= 11 is 0. The van der Waals surface area contributed by atoms with Crippen molar-refractivity contribution in [3.8, 4) is 0 Å². The normalized spacial score (nSPS) is 11.7. The van der Waals surface area contributed by atoms with Crippen LogP contribution in [0.25, 0.3) is 0 Å². The fourth-order valence-corrected chi connectivity index (χ4v) is 1.04. The molecule has 84 valence electrons. The maximum absolute atomic E-state index is 10.6. The standard InChI is InChI=1S/C11H17NO3/c1-4-11(2,3)12-7-8-5-6-9(15-8)10(13)14/h5-6,12H,4,7H2,1-3H3,(H,13,14). The quantitative estimate of drug-likeness (QED) is 0.784. The van der Waals surface area contributed by atoms with Gasteiger partial charge in [0.2, 0.25) is 5.76 Å². The van der Waals surface area contributed by atoms with Crippen LogP contribution in [0.1, 0.15) is 43.5 Å². The van der Waals surface area contributed by atoms with Gasteiger partial charge in [-0.3, -0.25) is 0 Å². The minimum atomic E-state index is -1.03. The van der Waals surface area contributed by atoms with E-state index in [9.17, 15) is 4.79 Å². The second-order valence-electron chi connectivity index (χ2n) is 4.16. The highest BCUT2D eigenvalue weighted by Gasteiger charge is 2.15. The number of nitrogens with one attached hydrogen (secondary N) is 1. The molecule has 0 spiro atoms. The molecule has 0 aromatic carbocycles. The third kappa shape index (κ3) is 3.40. The van der Waals surface area contributed by atoms with E-state index in [4.69, 9.17) is 9.52 Å². The molecule has 1 heterocycles. The zero-order valence-corrected chi connectivity index (χ0v) is 9.33. The molecule has 0 radical (unpaired) electrons. The van der Waals surface area contributed by atoms with Gasteiger partial charge in [0.15, 0.2) is 0 Å². The molecule has 2 N–H and O–H groups in total. The molecule has 0 saturated carbocycles. The van der Waals surface area contributed by atoms with E-state index in [1.54, 1.807) is 6.07 Å². The molecule has 0 bridgehead atoms. The van der Waals surface area contributed by atoms with Crippen molar-refractivity contribution < 1.29 is 14.3 Å². The summed E-state index contributed by atoms with van der Waals surface area (Å²) in [6.07, 6.45) is 1.000. The third-order valence-electron chi connectivity index (χ3n) is 2.50. The van der Waals surface area contributed by atoms with Gasteiger partial charge >= 0.3 is 5.97 Å². The van der Waals surface area contributed by atoms with Gasteiger partial charge in [0.05, 0.1) is 6.54 Å². The summed E-state index contributed by atoms with van der Waals surface area (Å²) in [6.45, 7) is 6.83. The van der Waals surface area contributed by atoms with E-state index in [2.05, 4.69) is 26.1 Å². The lowest BCUT2D eigenvalue weighted by Gasteiger charge is -2.23. The Hall–Kier alpha value is -1.29. The van der Waals surface area contributed by atoms with Crippen LogP contribution in [0.3, 0.4) is 0 Å². The highest BCUT2D eigenvalue weighted by atomic mass is 16.4. The van der Waals surface area contributed by atoms with Gasteiger partial charge in [-0.1, -0.05) is 6.92 Å². The number of aromatic carboxylic acids is 1. The summed E-state index contributed by atoms with van der Waals surface area (Å²) < 4.78 is 5.12. The second kappa shape index (κ2) is 4.49. The molecular weight excluding hydrogens is 194 g/mol. The lowest BCUT2D eigenvalue weighted by Crippen LogP contribution is -2.37. The molecule has 0 amide bonds. The SMILES string of the molecule is CCC(C)(C)NCc1ccc(C(=O)O)o1. The van der Waals surface area contributed by atoms with Crippen molar-refractivity contribution in [2.45, 2.75) is 39.3 Å². The summed E-state index contributed by atoms with van der Waals surface area (Å²) in [5.41, 5.74) is 0.0379. The Morgan fingerprint density at radius 1 is 1.53 bits per heavy atom. The van der Waals surface area contributed by atoms with Crippen LogP contribution in [0.4, 0.5) is 0 Å². The van der Waals surface area contributed by atoms with Gasteiger partial charge in [0.1, 0.15) is 5.76 Å². The monoisotopic (exact) mass is 211 g/mol. The summed E-state index contributed by atoms with van der Waals surface area (Å²) in [4.78, 5) is 10.6. The summed E-state index contributed by atoms with van der Waals surface area (Å²) in [5, 5.41) is 11.9. The largest absolute Gasteiger partial charge is 0.475 e. The second-order valence-corrected chi connectivity index (χ2v) is 4.16. The van der Waals surface area contributed by atoms with Crippen LogP contribution in [0.5, 0.6) is 0 Å². The smallest absolute Gasteiger partial charge is 0.371 e. The van der Waals surface area contributed by atoms with Gasteiger partial charge in [-0.2, -0.15) is 0 Å². The third-order valence-corrected chi connectivity index (χ3v) is 2.50. The van der Waals surface area contributed by atoms with Crippen LogP contribution in [-0.4, -0.2) is 16.6 Å². The van der Waals surface area contributed by atoms with Crippen LogP contribution >= 0.6 is 0 Å². The van der Waals surface area contributed by atoms with Crippen molar-refractivity contribution in [3.63, 3.8) is 0 Å². The maximum atomic E-state index is 10.6. The molecule has 0 aliphatic heterocycles. The Labute approximate surface area is 89.3 Å². The first-order chi connectivity index (χ1) is 6.94. The number of furan rings is 1. The van der Waals surface area contributed by atoms with E-state index < -0.39 is 5.97 Å². The highest BCUT2D eigenvalue weighted by Crippen LogP contribution is 2.11. The first-order valence-electron chi connectivity index (χ1n) is 5.01. The first kappa shape index (κ1) is 11.8. The molecule has 0 atom stereocenters. The minimum Gasteiger partial charge on any atom is -0.475 e. The van der Waals surface area contributed by atoms with Crippen LogP contribution in [-0.2, 0) is 6.54 Å². The van der Waals surface area contributed by atoms with Crippen LogP contribution in [0.15, 0.2) is 16.5 Å². The lowest BCUT2D eigenvalue weighted by atomic mass is 10.0. The topological polar surface area (TPSA) is 62.5 Å². The Morgan fingerprint density at radius 3 is 2.67 bits per heavy atom. The Balaban J connectivity index is 2.55. The predicted octanol–water partition coefficient (Wildman–Crippen LogP) is 2.26. The molecule has 0 saturated heterocycles. The maximum Gasteiger partial charge on any atom is 0.371 e. The van der Waals surface area contributed by atoms with Gasteiger partial charge in [-0.05, 0) is 32.4 Å². The van der Waals surface area contributed by atoms with Crippen molar-refractivity contribution in [2.75, 3.05) is 0 Å². The number of hydrogen-bond donors (Lipinski definition) is 2. The first-order valence-corrected chi connectivity index (χ1v) is 5.01. The van der Waals surface area contributed by atoms with E-state index in [0.717, 1.165) is 6.42 Å². The molecule has 1 aromatic rings. The molecule has 15 heavy (non-hydrogen) atoms. The van der Waals surface area contributed by atoms with Crippen LogP contribution in [0.2, 0.25) is 0 Å². The van der Waals surface area contributed by atoms with Crippen LogP contribution in [0, 0.1) is 0 Å². The zero-order chi connectivity index (χ0) is 11.5. The van der Waals surface area contributed by atoms with E-state index in [-0.39, 0.29) is 11.3 Å². The van der Waals surface area contributed by atoms with Gasteiger partial charge in [0.25, 0.3) is 0 Å². The Kier molecular flexibility index (Phi) is 3.52. The van der Waals surface area contributed by atoms with Gasteiger partial charge in [-0.15, -0.1) is 0 Å². The average Bonchev–Trinajstić information content (AvgIpc) is 2.63. The van der Waals surface area contributed by atoms with Crippen molar-refractivity contribution in [2.24, 2.45) is 0 Å². The number of hydrogen-bond acceptors (Lipinski definition) is 3. The molecule has 1 aromatic heterocycles. The number of carboxylic acids is 1. The molecule has 0 fully saturated rings. The fourth-order valence-electron chi connectivity index (χ4n) is 1.04. The van der Waals surface area contributed by atoms with Crippen molar-refractivity contribution in [1.82, 2.24) is 5.32 Å². The Bertz CT molecular complexity index is 341. The molecule has 0 aliphatic carbocycles. The zero-order valence-electron chi connectivity index (χ0n) is 9.33. The fraction of sp³-hybridized carbons (Fsp3) is 0.545. The molecule has 1 rings (SSSR count). The van der Waals surface area contributed by atoms with Crippen molar-refractivity contribution in [1.29, 1.82) is 0 Å².